The zero-order valence-corrected chi connectivity index (χ0v) is 10.6. The lowest BCUT2D eigenvalue weighted by molar-refractivity contribution is 0.728. The van der Waals surface area contributed by atoms with Crippen molar-refractivity contribution in [2.45, 2.75) is 0 Å². The van der Waals surface area contributed by atoms with Gasteiger partial charge in [0.25, 0.3) is 0 Å². The Hall–Kier alpha value is -2.22. The molecule has 18 heavy (non-hydrogen) atoms. The Morgan fingerprint density at radius 2 is 1.44 bits per heavy atom. The van der Waals surface area contributed by atoms with E-state index in [2.05, 4.69) is 26.3 Å². The van der Waals surface area contributed by atoms with Crippen molar-refractivity contribution in [3.05, 3.63) is 98.5 Å². The predicted octanol–water partition coefficient (Wildman–Crippen LogP) is 4.00. The fraction of sp³-hybridized carbons (Fsp3) is 0. The van der Waals surface area contributed by atoms with Crippen LogP contribution in [-0.4, -0.2) is 12.8 Å². The average Bonchev–Trinajstić information content (AvgIpc) is 2.39. The Kier molecular flexibility index (Phi) is 8.75. The second-order valence-corrected chi connectivity index (χ2v) is 3.21. The zero-order chi connectivity index (χ0) is 13.8. The molecule has 0 rings (SSSR count). The minimum Gasteiger partial charge on any atom is -0.398 e. The lowest BCUT2D eigenvalue weighted by Crippen LogP contribution is -2.16. The molecule has 0 amide bonds. The molecular weight excluding hydrogens is 217 g/mol. The van der Waals surface area contributed by atoms with Gasteiger partial charge in [-0.05, 0) is 24.3 Å². The largest absolute Gasteiger partial charge is 0.398 e. The minimum atomic E-state index is 0.759. The van der Waals surface area contributed by atoms with Gasteiger partial charge in [0, 0.05) is 11.4 Å². The SMILES string of the molecule is [B]N(/C(C=C)=C/C=C\C=C)C(/C=C\C=C)=C/C=C. The highest BCUT2D eigenvalue weighted by Gasteiger charge is 2.02. The lowest BCUT2D eigenvalue weighted by atomic mass is 10.1. The van der Waals surface area contributed by atoms with Crippen molar-refractivity contribution in [3.63, 3.8) is 0 Å². The second-order valence-electron chi connectivity index (χ2n) is 3.21. The van der Waals surface area contributed by atoms with Gasteiger partial charge in [0.05, 0.1) is 0 Å². The molecular formula is C16H18BN. The number of rotatable bonds is 8. The molecule has 0 bridgehead atoms. The summed E-state index contributed by atoms with van der Waals surface area (Å²) >= 11 is 0. The summed E-state index contributed by atoms with van der Waals surface area (Å²) < 4.78 is 0. The van der Waals surface area contributed by atoms with Crippen molar-refractivity contribution in [1.29, 1.82) is 0 Å². The fourth-order valence-corrected chi connectivity index (χ4v) is 1.13. The number of nitrogens with zero attached hydrogens (tertiary/aromatic N) is 1. The summed E-state index contributed by atoms with van der Waals surface area (Å²) in [7, 11) is 6.01. The molecule has 0 aliphatic carbocycles. The van der Waals surface area contributed by atoms with Crippen LogP contribution in [0.1, 0.15) is 0 Å². The maximum Gasteiger partial charge on any atom is 0.234 e. The van der Waals surface area contributed by atoms with E-state index < -0.39 is 0 Å². The molecule has 0 fully saturated rings. The summed E-state index contributed by atoms with van der Waals surface area (Å²) in [4.78, 5) is 1.52. The van der Waals surface area contributed by atoms with E-state index in [1.54, 1.807) is 36.5 Å². The molecule has 0 saturated carbocycles. The zero-order valence-electron chi connectivity index (χ0n) is 10.6. The molecule has 0 spiro atoms. The first kappa shape index (κ1) is 15.8. The molecule has 0 N–H and O–H groups in total. The summed E-state index contributed by atoms with van der Waals surface area (Å²) in [6.07, 6.45) is 17.6. The highest BCUT2D eigenvalue weighted by molar-refractivity contribution is 6.07. The first-order valence-corrected chi connectivity index (χ1v) is 5.49. The van der Waals surface area contributed by atoms with Gasteiger partial charge in [0.2, 0.25) is 7.98 Å². The molecule has 1 nitrogen and oxygen atoms in total. The Balaban J connectivity index is 5.20. The smallest absolute Gasteiger partial charge is 0.234 e. The molecule has 0 aromatic rings. The van der Waals surface area contributed by atoms with Gasteiger partial charge < -0.3 is 4.81 Å². The van der Waals surface area contributed by atoms with Gasteiger partial charge in [-0.15, -0.1) is 0 Å². The first-order chi connectivity index (χ1) is 8.71. The van der Waals surface area contributed by atoms with Crippen LogP contribution in [-0.2, 0) is 0 Å². The molecule has 0 aromatic carbocycles. The number of hydrogen-bond acceptors (Lipinski definition) is 1. The van der Waals surface area contributed by atoms with Crippen molar-refractivity contribution in [3.8, 4) is 0 Å². The second kappa shape index (κ2) is 9.97. The van der Waals surface area contributed by atoms with E-state index >= 15 is 0 Å². The van der Waals surface area contributed by atoms with Crippen molar-refractivity contribution in [1.82, 2.24) is 4.81 Å². The Labute approximate surface area is 112 Å². The monoisotopic (exact) mass is 235 g/mol. The van der Waals surface area contributed by atoms with E-state index in [0.717, 1.165) is 11.4 Å². The van der Waals surface area contributed by atoms with Gasteiger partial charge in [-0.1, -0.05) is 62.8 Å². The molecule has 0 aromatic heterocycles. The third kappa shape index (κ3) is 5.76. The molecule has 0 saturated heterocycles. The third-order valence-electron chi connectivity index (χ3n) is 1.97. The number of allylic oxidation sites excluding steroid dienone is 10. The average molecular weight is 235 g/mol. The summed E-state index contributed by atoms with van der Waals surface area (Å²) in [5.74, 6) is 0. The van der Waals surface area contributed by atoms with Crippen LogP contribution in [0.4, 0.5) is 0 Å². The highest BCUT2D eigenvalue weighted by atomic mass is 15.0. The van der Waals surface area contributed by atoms with Gasteiger partial charge in [-0.2, -0.15) is 0 Å². The van der Waals surface area contributed by atoms with Crippen LogP contribution in [0, 0.1) is 0 Å². The Morgan fingerprint density at radius 1 is 0.778 bits per heavy atom. The molecule has 0 heterocycles. The molecule has 90 valence electrons. The van der Waals surface area contributed by atoms with Crippen molar-refractivity contribution in [2.75, 3.05) is 0 Å². The summed E-state index contributed by atoms with van der Waals surface area (Å²) in [6.45, 7) is 14.6. The molecule has 0 aliphatic heterocycles. The van der Waals surface area contributed by atoms with E-state index in [-0.39, 0.29) is 0 Å². The van der Waals surface area contributed by atoms with Crippen molar-refractivity contribution < 1.29 is 0 Å². The van der Waals surface area contributed by atoms with Crippen molar-refractivity contribution in [2.24, 2.45) is 0 Å². The van der Waals surface area contributed by atoms with E-state index in [4.69, 9.17) is 7.98 Å². The topological polar surface area (TPSA) is 3.24 Å². The van der Waals surface area contributed by atoms with E-state index in [0.29, 0.717) is 0 Å². The van der Waals surface area contributed by atoms with Gasteiger partial charge in [-0.25, -0.2) is 0 Å². The van der Waals surface area contributed by atoms with E-state index in [1.165, 1.54) is 4.81 Å². The first-order valence-electron chi connectivity index (χ1n) is 5.49. The predicted molar refractivity (Wildman–Crippen MR) is 82.8 cm³/mol. The quantitative estimate of drug-likeness (QED) is 0.454. The Bertz CT molecular complexity index is 422. The normalized spacial score (nSPS) is 12.7. The summed E-state index contributed by atoms with van der Waals surface area (Å²) in [6, 6.07) is 0. The molecule has 2 radical (unpaired) electrons. The van der Waals surface area contributed by atoms with Crippen LogP contribution in [0.5, 0.6) is 0 Å². The van der Waals surface area contributed by atoms with Crippen LogP contribution in [0.25, 0.3) is 0 Å². The van der Waals surface area contributed by atoms with Crippen LogP contribution >= 0.6 is 0 Å². The summed E-state index contributed by atoms with van der Waals surface area (Å²) in [5, 5.41) is 0. The minimum absolute atomic E-state index is 0.759. The molecule has 2 heteroatoms. The van der Waals surface area contributed by atoms with Gasteiger partial charge >= 0.3 is 0 Å². The van der Waals surface area contributed by atoms with Gasteiger partial charge in [-0.3, -0.25) is 0 Å². The van der Waals surface area contributed by atoms with Gasteiger partial charge in [0.15, 0.2) is 0 Å². The lowest BCUT2D eigenvalue weighted by Gasteiger charge is -2.22. The number of hydrogen-bond donors (Lipinski definition) is 0. The Morgan fingerprint density at radius 3 is 1.94 bits per heavy atom. The van der Waals surface area contributed by atoms with E-state index in [9.17, 15) is 0 Å². The van der Waals surface area contributed by atoms with Crippen LogP contribution in [0.15, 0.2) is 98.5 Å². The van der Waals surface area contributed by atoms with Gasteiger partial charge in [0.1, 0.15) is 0 Å². The maximum atomic E-state index is 6.01. The summed E-state index contributed by atoms with van der Waals surface area (Å²) in [5.41, 5.74) is 1.54. The highest BCUT2D eigenvalue weighted by Crippen LogP contribution is 2.12. The standard InChI is InChI=1S/C16H18BN/c1-5-9-11-14-15(8-4)18(17)16(12-7-3)13-10-6-2/h5-14H,1-4H2/b11-9-,13-10-,15-14+,16-12+. The maximum absolute atomic E-state index is 6.01. The van der Waals surface area contributed by atoms with Crippen LogP contribution in [0.3, 0.4) is 0 Å². The molecule has 0 aliphatic rings. The fourth-order valence-electron chi connectivity index (χ4n) is 1.13. The molecule has 0 unspecified atom stereocenters. The van der Waals surface area contributed by atoms with Crippen LogP contribution < -0.4 is 0 Å². The van der Waals surface area contributed by atoms with E-state index in [1.807, 2.05) is 24.3 Å². The molecule has 0 atom stereocenters. The van der Waals surface area contributed by atoms with Crippen molar-refractivity contribution >= 4 is 7.98 Å². The third-order valence-corrected chi connectivity index (χ3v) is 1.97. The van der Waals surface area contributed by atoms with Crippen LogP contribution in [0.2, 0.25) is 0 Å².